The zero-order valence-corrected chi connectivity index (χ0v) is 10.1. The van der Waals surface area contributed by atoms with Crippen molar-refractivity contribution in [2.45, 2.75) is 12.5 Å². The van der Waals surface area contributed by atoms with E-state index < -0.39 is 0 Å². The molecule has 0 saturated carbocycles. The van der Waals surface area contributed by atoms with E-state index in [1.54, 1.807) is 13.3 Å². The Morgan fingerprint density at radius 3 is 2.94 bits per heavy atom. The highest BCUT2D eigenvalue weighted by atomic mass is 16.5. The van der Waals surface area contributed by atoms with Crippen LogP contribution in [0.2, 0.25) is 0 Å². The summed E-state index contributed by atoms with van der Waals surface area (Å²) in [5.74, 6) is 0. The summed E-state index contributed by atoms with van der Waals surface area (Å²) in [6.45, 7) is 2.37. The minimum Gasteiger partial charge on any atom is -0.385 e. The number of nitrogens with zero attached hydrogens (tertiary/aromatic N) is 2. The molecular weight excluding hydrogens is 202 g/mol. The van der Waals surface area contributed by atoms with Crippen molar-refractivity contribution in [2.75, 3.05) is 33.9 Å². The van der Waals surface area contributed by atoms with Gasteiger partial charge in [-0.15, -0.1) is 0 Å². The molecule has 0 spiro atoms. The van der Waals surface area contributed by atoms with Gasteiger partial charge in [-0.3, -0.25) is 9.88 Å². The zero-order valence-electron chi connectivity index (χ0n) is 10.1. The molecule has 0 aliphatic rings. The minimum atomic E-state index is 0.241. The molecular formula is C12H21N3O. The summed E-state index contributed by atoms with van der Waals surface area (Å²) in [4.78, 5) is 6.37. The van der Waals surface area contributed by atoms with Crippen LogP contribution >= 0.6 is 0 Å². The first-order chi connectivity index (χ1) is 7.79. The normalized spacial score (nSPS) is 13.0. The average molecular weight is 223 g/mol. The summed E-state index contributed by atoms with van der Waals surface area (Å²) >= 11 is 0. The second-order valence-electron chi connectivity index (χ2n) is 3.86. The van der Waals surface area contributed by atoms with Gasteiger partial charge in [-0.1, -0.05) is 6.07 Å². The Balaban J connectivity index is 2.53. The molecule has 1 aromatic heterocycles. The number of hydrogen-bond acceptors (Lipinski definition) is 4. The Kier molecular flexibility index (Phi) is 6.00. The lowest BCUT2D eigenvalue weighted by Gasteiger charge is -2.26. The van der Waals surface area contributed by atoms with E-state index >= 15 is 0 Å². The largest absolute Gasteiger partial charge is 0.385 e. The molecule has 0 saturated heterocycles. The van der Waals surface area contributed by atoms with Crippen molar-refractivity contribution in [1.29, 1.82) is 0 Å². The molecule has 4 nitrogen and oxygen atoms in total. The lowest BCUT2D eigenvalue weighted by atomic mass is 10.1. The van der Waals surface area contributed by atoms with Crippen LogP contribution in [0.5, 0.6) is 0 Å². The van der Waals surface area contributed by atoms with Gasteiger partial charge in [0.1, 0.15) is 0 Å². The second-order valence-corrected chi connectivity index (χ2v) is 3.86. The fourth-order valence-corrected chi connectivity index (χ4v) is 1.76. The number of hydrogen-bond donors (Lipinski definition) is 1. The van der Waals surface area contributed by atoms with Gasteiger partial charge in [0.15, 0.2) is 0 Å². The molecule has 0 fully saturated rings. The summed E-state index contributed by atoms with van der Waals surface area (Å²) in [7, 11) is 3.81. The molecule has 0 aliphatic heterocycles. The highest BCUT2D eigenvalue weighted by molar-refractivity contribution is 5.14. The zero-order chi connectivity index (χ0) is 11.8. The van der Waals surface area contributed by atoms with Crippen LogP contribution in [-0.4, -0.2) is 43.7 Å². The van der Waals surface area contributed by atoms with Crippen LogP contribution in [0.3, 0.4) is 0 Å². The molecule has 1 unspecified atom stereocenters. The van der Waals surface area contributed by atoms with Crippen molar-refractivity contribution in [3.05, 3.63) is 30.1 Å². The topological polar surface area (TPSA) is 51.4 Å². The number of ether oxygens (including phenoxy) is 1. The molecule has 4 heteroatoms. The van der Waals surface area contributed by atoms with Crippen molar-refractivity contribution < 1.29 is 4.74 Å². The highest BCUT2D eigenvalue weighted by Gasteiger charge is 2.14. The molecule has 0 bridgehead atoms. The number of pyridine rings is 1. The van der Waals surface area contributed by atoms with E-state index in [1.807, 2.05) is 12.3 Å². The molecule has 1 rings (SSSR count). The van der Waals surface area contributed by atoms with Gasteiger partial charge in [0.05, 0.1) is 0 Å². The lowest BCUT2D eigenvalue weighted by molar-refractivity contribution is 0.166. The summed E-state index contributed by atoms with van der Waals surface area (Å²) in [5.41, 5.74) is 6.98. The van der Waals surface area contributed by atoms with Gasteiger partial charge in [0.25, 0.3) is 0 Å². The molecule has 90 valence electrons. The fourth-order valence-electron chi connectivity index (χ4n) is 1.76. The van der Waals surface area contributed by atoms with Gasteiger partial charge in [0.2, 0.25) is 0 Å². The number of nitrogens with two attached hydrogens (primary N) is 1. The van der Waals surface area contributed by atoms with E-state index in [2.05, 4.69) is 23.0 Å². The first-order valence-corrected chi connectivity index (χ1v) is 5.58. The third-order valence-corrected chi connectivity index (χ3v) is 2.68. The average Bonchev–Trinajstić information content (AvgIpc) is 2.32. The quantitative estimate of drug-likeness (QED) is 0.702. The summed E-state index contributed by atoms with van der Waals surface area (Å²) < 4.78 is 5.04. The van der Waals surface area contributed by atoms with Gasteiger partial charge in [-0.05, 0) is 25.1 Å². The monoisotopic (exact) mass is 223 g/mol. The molecule has 16 heavy (non-hydrogen) atoms. The van der Waals surface area contributed by atoms with Crippen LogP contribution in [-0.2, 0) is 4.74 Å². The minimum absolute atomic E-state index is 0.241. The lowest BCUT2D eigenvalue weighted by Crippen LogP contribution is -2.31. The van der Waals surface area contributed by atoms with Crippen LogP contribution in [0.25, 0.3) is 0 Å². The summed E-state index contributed by atoms with van der Waals surface area (Å²) in [5, 5.41) is 0. The number of methoxy groups -OCH3 is 1. The van der Waals surface area contributed by atoms with Crippen LogP contribution in [0.4, 0.5) is 0 Å². The SMILES string of the molecule is COCCCN(C)C(CN)c1cccnc1. The molecule has 2 N–H and O–H groups in total. The van der Waals surface area contributed by atoms with E-state index in [0.717, 1.165) is 19.6 Å². The Hall–Kier alpha value is -0.970. The maximum absolute atomic E-state index is 5.81. The first kappa shape index (κ1) is 13.1. The summed E-state index contributed by atoms with van der Waals surface area (Å²) in [6.07, 6.45) is 4.68. The van der Waals surface area contributed by atoms with Gasteiger partial charge in [-0.25, -0.2) is 0 Å². The fraction of sp³-hybridized carbons (Fsp3) is 0.583. The van der Waals surface area contributed by atoms with Gasteiger partial charge in [0, 0.05) is 45.2 Å². The third kappa shape index (κ3) is 3.89. The van der Waals surface area contributed by atoms with E-state index in [1.165, 1.54) is 5.56 Å². The van der Waals surface area contributed by atoms with Crippen LogP contribution in [0, 0.1) is 0 Å². The molecule has 1 heterocycles. The molecule has 1 atom stereocenters. The summed E-state index contributed by atoms with van der Waals surface area (Å²) in [6, 6.07) is 4.25. The smallest absolute Gasteiger partial charge is 0.0482 e. The van der Waals surface area contributed by atoms with Gasteiger partial charge >= 0.3 is 0 Å². The Morgan fingerprint density at radius 1 is 1.56 bits per heavy atom. The second kappa shape index (κ2) is 7.33. The van der Waals surface area contributed by atoms with E-state index in [0.29, 0.717) is 6.54 Å². The number of likely N-dealkylation sites (N-methyl/N-ethyl adjacent to an activating group) is 1. The van der Waals surface area contributed by atoms with Crippen LogP contribution in [0.15, 0.2) is 24.5 Å². The van der Waals surface area contributed by atoms with Crippen LogP contribution < -0.4 is 5.73 Å². The third-order valence-electron chi connectivity index (χ3n) is 2.68. The number of rotatable bonds is 7. The number of aromatic nitrogens is 1. The van der Waals surface area contributed by atoms with Crippen molar-refractivity contribution in [1.82, 2.24) is 9.88 Å². The maximum Gasteiger partial charge on any atom is 0.0482 e. The van der Waals surface area contributed by atoms with Gasteiger partial charge in [-0.2, -0.15) is 0 Å². The standard InChI is InChI=1S/C12H21N3O/c1-15(7-4-8-16-2)12(9-13)11-5-3-6-14-10-11/h3,5-6,10,12H,4,7-9,13H2,1-2H3. The molecule has 0 aliphatic carbocycles. The molecule has 0 aromatic carbocycles. The predicted molar refractivity (Wildman–Crippen MR) is 65.2 cm³/mol. The Morgan fingerprint density at radius 2 is 2.38 bits per heavy atom. The van der Waals surface area contributed by atoms with Crippen molar-refractivity contribution in [3.8, 4) is 0 Å². The van der Waals surface area contributed by atoms with Crippen LogP contribution in [0.1, 0.15) is 18.0 Å². The molecule has 0 amide bonds. The predicted octanol–water partition coefficient (Wildman–Crippen LogP) is 1.05. The molecule has 1 aromatic rings. The molecule has 0 radical (unpaired) electrons. The van der Waals surface area contributed by atoms with E-state index in [4.69, 9.17) is 10.5 Å². The van der Waals surface area contributed by atoms with E-state index in [9.17, 15) is 0 Å². The Bertz CT molecular complexity index is 279. The van der Waals surface area contributed by atoms with Gasteiger partial charge < -0.3 is 10.5 Å². The van der Waals surface area contributed by atoms with E-state index in [-0.39, 0.29) is 6.04 Å². The first-order valence-electron chi connectivity index (χ1n) is 5.58. The van der Waals surface area contributed by atoms with Crippen molar-refractivity contribution in [2.24, 2.45) is 5.73 Å². The van der Waals surface area contributed by atoms with Crippen molar-refractivity contribution >= 4 is 0 Å². The van der Waals surface area contributed by atoms with Crippen molar-refractivity contribution in [3.63, 3.8) is 0 Å². The Labute approximate surface area is 97.4 Å². The highest BCUT2D eigenvalue weighted by Crippen LogP contribution is 2.16. The maximum atomic E-state index is 5.81.